The number of ether oxygens (including phenoxy) is 2. The van der Waals surface area contributed by atoms with Crippen molar-refractivity contribution in [1.29, 1.82) is 0 Å². The van der Waals surface area contributed by atoms with E-state index in [1.807, 2.05) is 18.2 Å². The molecule has 2 atom stereocenters. The Hall–Kier alpha value is -2.25. The molecule has 0 aliphatic carbocycles. The fourth-order valence-electron chi connectivity index (χ4n) is 4.60. The number of fused-ring (bicyclic) bond motifs is 1. The Morgan fingerprint density at radius 2 is 1.83 bits per heavy atom. The first-order chi connectivity index (χ1) is 14.7. The number of piperidine rings is 2. The second kappa shape index (κ2) is 9.71. The van der Waals surface area contributed by atoms with Crippen LogP contribution in [0.4, 0.5) is 17.5 Å². The van der Waals surface area contributed by atoms with Gasteiger partial charge in [0.05, 0.1) is 20.4 Å². The zero-order valence-electron chi connectivity index (χ0n) is 17.7. The van der Waals surface area contributed by atoms with Gasteiger partial charge < -0.3 is 25.0 Å². The van der Waals surface area contributed by atoms with Gasteiger partial charge in [0.15, 0.2) is 5.82 Å². The van der Waals surface area contributed by atoms with Crippen LogP contribution >= 0.6 is 11.6 Å². The van der Waals surface area contributed by atoms with E-state index in [1.54, 1.807) is 20.4 Å². The van der Waals surface area contributed by atoms with Gasteiger partial charge in [0.2, 0.25) is 5.95 Å². The molecule has 30 heavy (non-hydrogen) atoms. The van der Waals surface area contributed by atoms with Gasteiger partial charge in [-0.2, -0.15) is 4.98 Å². The van der Waals surface area contributed by atoms with Gasteiger partial charge in [-0.25, -0.2) is 4.98 Å². The summed E-state index contributed by atoms with van der Waals surface area (Å²) < 4.78 is 10.7. The van der Waals surface area contributed by atoms with E-state index in [0.29, 0.717) is 40.2 Å². The Morgan fingerprint density at radius 1 is 1.07 bits per heavy atom. The second-order valence-corrected chi connectivity index (χ2v) is 8.41. The first-order valence-electron chi connectivity index (χ1n) is 10.7. The van der Waals surface area contributed by atoms with Crippen LogP contribution in [0, 0.1) is 5.92 Å². The van der Waals surface area contributed by atoms with Crippen molar-refractivity contribution in [3.63, 3.8) is 0 Å². The van der Waals surface area contributed by atoms with E-state index >= 15 is 0 Å². The molecule has 162 valence electrons. The third-order valence-electron chi connectivity index (χ3n) is 6.11. The Morgan fingerprint density at radius 3 is 2.60 bits per heavy atom. The Labute approximate surface area is 183 Å². The number of benzene rings is 1. The summed E-state index contributed by atoms with van der Waals surface area (Å²) in [5.41, 5.74) is 0.782. The number of halogens is 1. The zero-order chi connectivity index (χ0) is 20.9. The molecule has 0 radical (unpaired) electrons. The van der Waals surface area contributed by atoms with Gasteiger partial charge in [0.1, 0.15) is 16.5 Å². The van der Waals surface area contributed by atoms with E-state index in [1.165, 1.54) is 45.2 Å². The molecule has 2 saturated heterocycles. The molecule has 4 rings (SSSR count). The Bertz CT molecular complexity index is 841. The highest BCUT2D eigenvalue weighted by Crippen LogP contribution is 2.32. The molecule has 2 aliphatic heterocycles. The quantitative estimate of drug-likeness (QED) is 0.665. The molecule has 1 aromatic carbocycles. The van der Waals surface area contributed by atoms with Crippen LogP contribution < -0.4 is 20.1 Å². The monoisotopic (exact) mass is 431 g/mol. The number of nitrogens with zero attached hydrogens (tertiary/aromatic N) is 3. The molecule has 0 amide bonds. The standard InChI is InChI=1S/C22H30ClN5O2/c1-29-17-10-16(11-18(12-17)30-2)26-22-25-14-19(23)21(27-22)24-13-15-6-5-9-28-8-4-3-7-20(15)28/h10-12,14-15,20H,3-9,13H2,1-2H3,(H2,24,25,26,27)/t15-,20+/m0/s1. The molecule has 3 heterocycles. The number of nitrogens with one attached hydrogen (secondary N) is 2. The fourth-order valence-corrected chi connectivity index (χ4v) is 4.76. The maximum absolute atomic E-state index is 6.38. The molecular formula is C22H30ClN5O2. The summed E-state index contributed by atoms with van der Waals surface area (Å²) in [5, 5.41) is 7.23. The third-order valence-corrected chi connectivity index (χ3v) is 6.39. The van der Waals surface area contributed by atoms with Crippen molar-refractivity contribution < 1.29 is 9.47 Å². The highest BCUT2D eigenvalue weighted by Gasteiger charge is 2.32. The van der Waals surface area contributed by atoms with Crippen molar-refractivity contribution in [1.82, 2.24) is 14.9 Å². The lowest BCUT2D eigenvalue weighted by Crippen LogP contribution is -2.49. The lowest BCUT2D eigenvalue weighted by Gasteiger charge is -2.44. The van der Waals surface area contributed by atoms with Crippen LogP contribution in [0.15, 0.2) is 24.4 Å². The van der Waals surface area contributed by atoms with E-state index in [0.717, 1.165) is 12.2 Å². The van der Waals surface area contributed by atoms with Crippen molar-refractivity contribution in [3.05, 3.63) is 29.4 Å². The molecule has 2 aromatic rings. The van der Waals surface area contributed by atoms with E-state index in [4.69, 9.17) is 21.1 Å². The number of methoxy groups -OCH3 is 2. The van der Waals surface area contributed by atoms with Crippen molar-refractivity contribution in [3.8, 4) is 11.5 Å². The molecule has 0 spiro atoms. The maximum atomic E-state index is 6.38. The van der Waals surface area contributed by atoms with Crippen LogP contribution in [-0.2, 0) is 0 Å². The average molecular weight is 432 g/mol. The average Bonchev–Trinajstić information content (AvgIpc) is 2.79. The lowest BCUT2D eigenvalue weighted by atomic mass is 9.83. The van der Waals surface area contributed by atoms with E-state index < -0.39 is 0 Å². The highest BCUT2D eigenvalue weighted by atomic mass is 35.5. The number of hydrogen-bond acceptors (Lipinski definition) is 7. The van der Waals surface area contributed by atoms with E-state index in [-0.39, 0.29) is 0 Å². The van der Waals surface area contributed by atoms with Crippen LogP contribution in [0.25, 0.3) is 0 Å². The van der Waals surface area contributed by atoms with Crippen molar-refractivity contribution in [2.24, 2.45) is 5.92 Å². The first kappa shape index (κ1) is 21.0. The molecular weight excluding hydrogens is 402 g/mol. The molecule has 2 aliphatic rings. The number of rotatable bonds is 7. The molecule has 1 aromatic heterocycles. The summed E-state index contributed by atoms with van der Waals surface area (Å²) in [6, 6.07) is 6.24. The molecule has 2 N–H and O–H groups in total. The lowest BCUT2D eigenvalue weighted by molar-refractivity contribution is 0.0649. The summed E-state index contributed by atoms with van der Waals surface area (Å²) in [4.78, 5) is 11.6. The summed E-state index contributed by atoms with van der Waals surface area (Å²) in [5.74, 6) is 3.15. The van der Waals surface area contributed by atoms with Crippen LogP contribution in [0.1, 0.15) is 32.1 Å². The fraction of sp³-hybridized carbons (Fsp3) is 0.545. The molecule has 0 unspecified atom stereocenters. The minimum atomic E-state index is 0.472. The SMILES string of the molecule is COc1cc(Nc2ncc(Cl)c(NC[C@@H]3CCCN4CCCC[C@H]34)n2)cc(OC)c1. The topological polar surface area (TPSA) is 71.5 Å². The maximum Gasteiger partial charge on any atom is 0.229 e. The van der Waals surface area contributed by atoms with Crippen molar-refractivity contribution in [2.45, 2.75) is 38.1 Å². The highest BCUT2D eigenvalue weighted by molar-refractivity contribution is 6.32. The smallest absolute Gasteiger partial charge is 0.229 e. The summed E-state index contributed by atoms with van der Waals surface area (Å²) >= 11 is 6.38. The van der Waals surface area contributed by atoms with Gasteiger partial charge in [-0.05, 0) is 44.7 Å². The molecule has 0 saturated carbocycles. The molecule has 7 nitrogen and oxygen atoms in total. The summed E-state index contributed by atoms with van der Waals surface area (Å²) in [6.07, 6.45) is 8.12. The number of aromatic nitrogens is 2. The van der Waals surface area contributed by atoms with Gasteiger partial charge in [0.25, 0.3) is 0 Å². The molecule has 0 bridgehead atoms. The van der Waals surface area contributed by atoms with Crippen LogP contribution in [0.5, 0.6) is 11.5 Å². The minimum absolute atomic E-state index is 0.472. The van der Waals surface area contributed by atoms with Crippen molar-refractivity contribution in [2.75, 3.05) is 44.5 Å². The normalized spacial score (nSPS) is 21.6. The molecule has 2 fully saturated rings. The largest absolute Gasteiger partial charge is 0.497 e. The predicted molar refractivity (Wildman–Crippen MR) is 120 cm³/mol. The van der Waals surface area contributed by atoms with Gasteiger partial charge in [-0.1, -0.05) is 18.0 Å². The van der Waals surface area contributed by atoms with Crippen molar-refractivity contribution >= 4 is 29.1 Å². The van der Waals surface area contributed by atoms with E-state index in [2.05, 4.69) is 25.5 Å². The second-order valence-electron chi connectivity index (χ2n) is 8.00. The van der Waals surface area contributed by atoms with Crippen LogP contribution in [0.2, 0.25) is 5.02 Å². The first-order valence-corrected chi connectivity index (χ1v) is 11.0. The Balaban J connectivity index is 1.44. The summed E-state index contributed by atoms with van der Waals surface area (Å²) in [6.45, 7) is 3.37. The predicted octanol–water partition coefficient (Wildman–Crippen LogP) is 4.57. The van der Waals surface area contributed by atoms with Crippen LogP contribution in [0.3, 0.4) is 0 Å². The molecule has 8 heteroatoms. The number of anilines is 3. The van der Waals surface area contributed by atoms with Gasteiger partial charge >= 0.3 is 0 Å². The van der Waals surface area contributed by atoms with Gasteiger partial charge in [-0.3, -0.25) is 0 Å². The van der Waals surface area contributed by atoms with Gasteiger partial charge in [-0.15, -0.1) is 0 Å². The third kappa shape index (κ3) is 4.90. The van der Waals surface area contributed by atoms with Gasteiger partial charge in [0, 0.05) is 36.5 Å². The van der Waals surface area contributed by atoms with E-state index in [9.17, 15) is 0 Å². The van der Waals surface area contributed by atoms with Crippen LogP contribution in [-0.4, -0.2) is 54.8 Å². The summed E-state index contributed by atoms with van der Waals surface area (Å²) in [7, 11) is 3.25. The minimum Gasteiger partial charge on any atom is -0.497 e. The Kier molecular flexibility index (Phi) is 6.79. The zero-order valence-corrected chi connectivity index (χ0v) is 18.4. The number of hydrogen-bond donors (Lipinski definition) is 2.